The normalized spacial score (nSPS) is 10.4. The Labute approximate surface area is 113 Å². The van der Waals surface area contributed by atoms with E-state index < -0.39 is 0 Å². The molecule has 2 heteroatoms. The van der Waals surface area contributed by atoms with E-state index >= 15 is 0 Å². The molecule has 0 saturated heterocycles. The first-order valence-corrected chi connectivity index (χ1v) is 6.49. The lowest BCUT2D eigenvalue weighted by Crippen LogP contribution is -1.91. The van der Waals surface area contributed by atoms with Crippen LogP contribution >= 0.6 is 11.6 Å². The average Bonchev–Trinajstić information content (AvgIpc) is 2.36. The van der Waals surface area contributed by atoms with Crippen molar-refractivity contribution in [2.75, 3.05) is 7.11 Å². The molecule has 0 heterocycles. The van der Waals surface area contributed by atoms with Crippen molar-refractivity contribution in [3.63, 3.8) is 0 Å². The Morgan fingerprint density at radius 2 is 1.67 bits per heavy atom. The second-order valence-corrected chi connectivity index (χ2v) is 4.81. The second kappa shape index (κ2) is 5.45. The molecule has 2 aromatic rings. The summed E-state index contributed by atoms with van der Waals surface area (Å²) in [6, 6.07) is 12.6. The summed E-state index contributed by atoms with van der Waals surface area (Å²) in [6.45, 7) is 4.21. The molecule has 0 radical (unpaired) electrons. The van der Waals surface area contributed by atoms with E-state index in [4.69, 9.17) is 16.3 Å². The van der Waals surface area contributed by atoms with Gasteiger partial charge in [-0.2, -0.15) is 0 Å². The monoisotopic (exact) mass is 260 g/mol. The van der Waals surface area contributed by atoms with E-state index in [0.717, 1.165) is 16.9 Å². The zero-order valence-corrected chi connectivity index (χ0v) is 11.7. The molecule has 2 aromatic carbocycles. The molecule has 0 fully saturated rings. The van der Waals surface area contributed by atoms with Gasteiger partial charge in [0.05, 0.1) is 7.11 Å². The quantitative estimate of drug-likeness (QED) is 0.726. The fourth-order valence-corrected chi connectivity index (χ4v) is 2.36. The Morgan fingerprint density at radius 3 is 2.22 bits per heavy atom. The van der Waals surface area contributed by atoms with Crippen molar-refractivity contribution in [2.24, 2.45) is 0 Å². The van der Waals surface area contributed by atoms with Gasteiger partial charge in [-0.3, -0.25) is 0 Å². The first-order valence-electron chi connectivity index (χ1n) is 5.95. The minimum atomic E-state index is 0.516. The minimum absolute atomic E-state index is 0.516. The van der Waals surface area contributed by atoms with Gasteiger partial charge in [-0.25, -0.2) is 0 Å². The molecular formula is C16H17ClO. The van der Waals surface area contributed by atoms with Crippen molar-refractivity contribution in [2.45, 2.75) is 19.7 Å². The lowest BCUT2D eigenvalue weighted by atomic mass is 9.98. The van der Waals surface area contributed by atoms with Gasteiger partial charge < -0.3 is 4.74 Å². The van der Waals surface area contributed by atoms with Crippen LogP contribution in [0, 0.1) is 13.8 Å². The number of hydrogen-bond acceptors (Lipinski definition) is 1. The van der Waals surface area contributed by atoms with Crippen LogP contribution in [0.2, 0.25) is 0 Å². The van der Waals surface area contributed by atoms with E-state index in [0.29, 0.717) is 5.88 Å². The van der Waals surface area contributed by atoms with Crippen LogP contribution in [0.4, 0.5) is 0 Å². The molecule has 0 N–H and O–H groups in total. The van der Waals surface area contributed by atoms with Crippen LogP contribution in [0.3, 0.4) is 0 Å². The number of hydrogen-bond donors (Lipinski definition) is 0. The standard InChI is InChI=1S/C16H17ClO/c1-11-6-12(2)8-14(7-11)15-9-13(10-17)4-5-16(15)18-3/h4-9H,10H2,1-3H3. The predicted molar refractivity (Wildman–Crippen MR) is 77.5 cm³/mol. The van der Waals surface area contributed by atoms with Crippen LogP contribution in [-0.2, 0) is 5.88 Å². The number of alkyl halides is 1. The van der Waals surface area contributed by atoms with Crippen LogP contribution in [0.5, 0.6) is 5.75 Å². The van der Waals surface area contributed by atoms with Crippen LogP contribution in [0.25, 0.3) is 11.1 Å². The van der Waals surface area contributed by atoms with E-state index in [1.165, 1.54) is 16.7 Å². The van der Waals surface area contributed by atoms with Crippen molar-refractivity contribution < 1.29 is 4.74 Å². The van der Waals surface area contributed by atoms with Crippen LogP contribution in [0.1, 0.15) is 16.7 Å². The SMILES string of the molecule is COc1ccc(CCl)cc1-c1cc(C)cc(C)c1. The summed E-state index contributed by atoms with van der Waals surface area (Å²) in [4.78, 5) is 0. The maximum atomic E-state index is 5.90. The molecule has 0 saturated carbocycles. The van der Waals surface area contributed by atoms with Gasteiger partial charge in [0.2, 0.25) is 0 Å². The minimum Gasteiger partial charge on any atom is -0.496 e. The second-order valence-electron chi connectivity index (χ2n) is 4.54. The summed E-state index contributed by atoms with van der Waals surface area (Å²) < 4.78 is 5.44. The topological polar surface area (TPSA) is 9.23 Å². The van der Waals surface area contributed by atoms with Gasteiger partial charge in [-0.05, 0) is 37.1 Å². The molecule has 0 aliphatic rings. The molecule has 0 atom stereocenters. The molecule has 18 heavy (non-hydrogen) atoms. The maximum Gasteiger partial charge on any atom is 0.126 e. The van der Waals surface area contributed by atoms with E-state index in [-0.39, 0.29) is 0 Å². The highest BCUT2D eigenvalue weighted by Gasteiger charge is 2.08. The van der Waals surface area contributed by atoms with Gasteiger partial charge in [0.15, 0.2) is 0 Å². The molecule has 0 unspecified atom stereocenters. The van der Waals surface area contributed by atoms with Gasteiger partial charge >= 0.3 is 0 Å². The average molecular weight is 261 g/mol. The largest absolute Gasteiger partial charge is 0.496 e. The molecule has 0 amide bonds. The fraction of sp³-hybridized carbons (Fsp3) is 0.250. The van der Waals surface area contributed by atoms with Crippen LogP contribution < -0.4 is 4.74 Å². The number of rotatable bonds is 3. The summed E-state index contributed by atoms with van der Waals surface area (Å²) in [5.74, 6) is 1.40. The molecular weight excluding hydrogens is 244 g/mol. The first kappa shape index (κ1) is 13.0. The fourth-order valence-electron chi connectivity index (χ4n) is 2.19. The highest BCUT2D eigenvalue weighted by molar-refractivity contribution is 6.17. The highest BCUT2D eigenvalue weighted by Crippen LogP contribution is 2.32. The van der Waals surface area contributed by atoms with E-state index in [1.54, 1.807) is 7.11 Å². The Kier molecular flexibility index (Phi) is 3.93. The number of benzene rings is 2. The van der Waals surface area contributed by atoms with Gasteiger partial charge in [-0.1, -0.05) is 35.4 Å². The van der Waals surface area contributed by atoms with Gasteiger partial charge in [-0.15, -0.1) is 11.6 Å². The number of ether oxygens (including phenoxy) is 1. The Morgan fingerprint density at radius 1 is 1.00 bits per heavy atom. The van der Waals surface area contributed by atoms with E-state index in [2.05, 4.69) is 38.1 Å². The summed E-state index contributed by atoms with van der Waals surface area (Å²) >= 11 is 5.90. The Hall–Kier alpha value is -1.47. The molecule has 0 aliphatic carbocycles. The van der Waals surface area contributed by atoms with E-state index in [1.807, 2.05) is 12.1 Å². The maximum absolute atomic E-state index is 5.90. The van der Waals surface area contributed by atoms with Crippen LogP contribution in [0.15, 0.2) is 36.4 Å². The molecule has 1 nitrogen and oxygen atoms in total. The van der Waals surface area contributed by atoms with Crippen molar-refractivity contribution in [1.82, 2.24) is 0 Å². The molecule has 0 bridgehead atoms. The molecule has 0 spiro atoms. The Bertz CT molecular complexity index is 541. The first-order chi connectivity index (χ1) is 8.63. The van der Waals surface area contributed by atoms with Crippen molar-refractivity contribution in [3.8, 4) is 16.9 Å². The lowest BCUT2D eigenvalue weighted by molar-refractivity contribution is 0.416. The van der Waals surface area contributed by atoms with Gasteiger partial charge in [0.1, 0.15) is 5.75 Å². The molecule has 94 valence electrons. The highest BCUT2D eigenvalue weighted by atomic mass is 35.5. The molecule has 0 aromatic heterocycles. The summed E-state index contributed by atoms with van der Waals surface area (Å²) in [5, 5.41) is 0. The van der Waals surface area contributed by atoms with Crippen molar-refractivity contribution >= 4 is 11.6 Å². The van der Waals surface area contributed by atoms with Crippen molar-refractivity contribution in [1.29, 1.82) is 0 Å². The van der Waals surface area contributed by atoms with Crippen molar-refractivity contribution in [3.05, 3.63) is 53.1 Å². The van der Waals surface area contributed by atoms with Gasteiger partial charge in [0, 0.05) is 11.4 Å². The third kappa shape index (κ3) is 2.68. The zero-order chi connectivity index (χ0) is 13.1. The number of methoxy groups -OCH3 is 1. The summed E-state index contributed by atoms with van der Waals surface area (Å²) in [5.41, 5.74) is 5.89. The third-order valence-corrected chi connectivity index (χ3v) is 3.26. The van der Waals surface area contributed by atoms with Crippen LogP contribution in [-0.4, -0.2) is 7.11 Å². The number of halogens is 1. The summed E-state index contributed by atoms with van der Waals surface area (Å²) in [7, 11) is 1.70. The number of aryl methyl sites for hydroxylation is 2. The molecule has 2 rings (SSSR count). The smallest absolute Gasteiger partial charge is 0.126 e. The lowest BCUT2D eigenvalue weighted by Gasteiger charge is -2.11. The van der Waals surface area contributed by atoms with Gasteiger partial charge in [0.25, 0.3) is 0 Å². The Balaban J connectivity index is 2.60. The zero-order valence-electron chi connectivity index (χ0n) is 11.0. The predicted octanol–water partition coefficient (Wildman–Crippen LogP) is 4.72. The van der Waals surface area contributed by atoms with E-state index in [9.17, 15) is 0 Å². The summed E-state index contributed by atoms with van der Waals surface area (Å²) in [6.07, 6.45) is 0. The molecule has 0 aliphatic heterocycles. The third-order valence-electron chi connectivity index (χ3n) is 2.95.